The normalized spacial score (nSPS) is 11.1. The summed E-state index contributed by atoms with van der Waals surface area (Å²) in [5.74, 6) is -0.351. The lowest BCUT2D eigenvalue weighted by Crippen LogP contribution is -1.94. The van der Waals surface area contributed by atoms with E-state index in [4.69, 9.17) is 35.4 Å². The van der Waals surface area contributed by atoms with Gasteiger partial charge in [-0.3, -0.25) is 4.57 Å². The van der Waals surface area contributed by atoms with Crippen LogP contribution in [0.15, 0.2) is 36.4 Å². The maximum atomic E-state index is 13.7. The molecule has 6 heteroatoms. The first-order chi connectivity index (χ1) is 9.06. The van der Waals surface area contributed by atoms with Crippen LogP contribution in [0.25, 0.3) is 16.7 Å². The number of para-hydroxylation sites is 1. The van der Waals surface area contributed by atoms with E-state index in [0.29, 0.717) is 31.5 Å². The van der Waals surface area contributed by atoms with Crippen molar-refractivity contribution in [3.8, 4) is 5.69 Å². The number of nitrogens with one attached hydrogen (secondary N) is 1. The molecule has 2 aromatic carbocycles. The molecule has 96 valence electrons. The molecular formula is C13H7Cl2FN2S. The van der Waals surface area contributed by atoms with Gasteiger partial charge in [-0.1, -0.05) is 29.3 Å². The number of aromatic nitrogens is 2. The first kappa shape index (κ1) is 12.7. The van der Waals surface area contributed by atoms with Crippen molar-refractivity contribution in [1.29, 1.82) is 0 Å². The molecule has 0 aliphatic rings. The first-order valence-electron chi connectivity index (χ1n) is 5.42. The third kappa shape index (κ3) is 2.16. The van der Waals surface area contributed by atoms with Crippen LogP contribution >= 0.6 is 35.4 Å². The molecule has 1 aromatic heterocycles. The van der Waals surface area contributed by atoms with E-state index in [1.807, 2.05) is 0 Å². The number of halogens is 3. The molecule has 0 saturated carbocycles. The second-order valence-electron chi connectivity index (χ2n) is 4.03. The van der Waals surface area contributed by atoms with Crippen LogP contribution in [0.1, 0.15) is 0 Å². The molecule has 0 aliphatic carbocycles. The van der Waals surface area contributed by atoms with Gasteiger partial charge in [-0.15, -0.1) is 0 Å². The third-order valence-corrected chi connectivity index (χ3v) is 3.49. The Morgan fingerprint density at radius 2 is 1.79 bits per heavy atom. The monoisotopic (exact) mass is 312 g/mol. The van der Waals surface area contributed by atoms with E-state index in [2.05, 4.69) is 4.98 Å². The molecule has 3 rings (SSSR count). The Kier molecular flexibility index (Phi) is 3.09. The van der Waals surface area contributed by atoms with Crippen molar-refractivity contribution >= 4 is 46.5 Å². The van der Waals surface area contributed by atoms with E-state index in [1.165, 1.54) is 6.07 Å². The molecule has 0 unspecified atom stereocenters. The number of H-pyrrole nitrogens is 1. The number of hydrogen-bond acceptors (Lipinski definition) is 1. The fourth-order valence-corrected chi connectivity index (χ4v) is 2.84. The fourth-order valence-electron chi connectivity index (χ4n) is 2.02. The lowest BCUT2D eigenvalue weighted by atomic mass is 10.2. The van der Waals surface area contributed by atoms with Gasteiger partial charge in [0.25, 0.3) is 0 Å². The Balaban J connectivity index is 2.39. The summed E-state index contributed by atoms with van der Waals surface area (Å²) in [5.41, 5.74) is 1.70. The quantitative estimate of drug-likeness (QED) is 0.617. The molecule has 0 amide bonds. The average molecular weight is 313 g/mol. The lowest BCUT2D eigenvalue weighted by molar-refractivity contribution is 0.637. The van der Waals surface area contributed by atoms with Gasteiger partial charge in [0.05, 0.1) is 11.2 Å². The fraction of sp³-hybridized carbons (Fsp3) is 0. The second-order valence-corrected chi connectivity index (χ2v) is 5.29. The first-order valence-corrected chi connectivity index (χ1v) is 6.58. The minimum Gasteiger partial charge on any atom is -0.328 e. The molecule has 1 heterocycles. The van der Waals surface area contributed by atoms with Crippen LogP contribution in [0.4, 0.5) is 4.39 Å². The highest BCUT2D eigenvalue weighted by Gasteiger charge is 2.10. The van der Waals surface area contributed by atoms with Gasteiger partial charge < -0.3 is 4.98 Å². The molecule has 0 radical (unpaired) electrons. The molecule has 2 nitrogen and oxygen atoms in total. The molecule has 19 heavy (non-hydrogen) atoms. The summed E-state index contributed by atoms with van der Waals surface area (Å²) >= 11 is 17.2. The Labute approximate surface area is 123 Å². The molecule has 0 saturated heterocycles. The zero-order valence-electron chi connectivity index (χ0n) is 9.45. The Morgan fingerprint density at radius 3 is 2.47 bits per heavy atom. The molecule has 3 aromatic rings. The molecule has 0 aliphatic heterocycles. The molecule has 0 atom stereocenters. The van der Waals surface area contributed by atoms with Gasteiger partial charge in [0, 0.05) is 10.0 Å². The van der Waals surface area contributed by atoms with Crippen molar-refractivity contribution in [2.75, 3.05) is 0 Å². The van der Waals surface area contributed by atoms with E-state index in [0.717, 1.165) is 0 Å². The zero-order chi connectivity index (χ0) is 13.6. The summed E-state index contributed by atoms with van der Waals surface area (Å²) in [7, 11) is 0. The standard InChI is InChI=1S/C13H7Cl2FN2S/c14-7-4-8(15)6-9(5-7)18-11-3-1-2-10(16)12(11)17-13(18)19/h1-6H,(H,17,19). The van der Waals surface area contributed by atoms with Crippen LogP contribution < -0.4 is 0 Å². The van der Waals surface area contributed by atoms with E-state index >= 15 is 0 Å². The number of imidazole rings is 1. The van der Waals surface area contributed by atoms with Crippen LogP contribution in [-0.4, -0.2) is 9.55 Å². The van der Waals surface area contributed by atoms with E-state index in [9.17, 15) is 4.39 Å². The van der Waals surface area contributed by atoms with Crippen molar-refractivity contribution in [2.24, 2.45) is 0 Å². The van der Waals surface area contributed by atoms with Gasteiger partial charge in [-0.05, 0) is 42.5 Å². The molecule has 1 N–H and O–H groups in total. The number of rotatable bonds is 1. The highest BCUT2D eigenvalue weighted by Crippen LogP contribution is 2.26. The minimum atomic E-state index is -0.351. The Bertz CT molecular complexity index is 818. The summed E-state index contributed by atoms with van der Waals surface area (Å²) in [4.78, 5) is 2.85. The van der Waals surface area contributed by atoms with Crippen LogP contribution in [0.3, 0.4) is 0 Å². The van der Waals surface area contributed by atoms with Crippen molar-refractivity contribution in [2.45, 2.75) is 0 Å². The predicted octanol–water partition coefficient (Wildman–Crippen LogP) is 5.13. The number of aromatic amines is 1. The van der Waals surface area contributed by atoms with Gasteiger partial charge in [0.1, 0.15) is 11.3 Å². The SMILES string of the molecule is Fc1cccc2c1[nH]c(=S)n2-c1cc(Cl)cc(Cl)c1. The van der Waals surface area contributed by atoms with E-state index in [1.54, 1.807) is 34.9 Å². The van der Waals surface area contributed by atoms with E-state index < -0.39 is 0 Å². The minimum absolute atomic E-state index is 0.351. The van der Waals surface area contributed by atoms with Gasteiger partial charge in [-0.25, -0.2) is 4.39 Å². The summed E-state index contributed by atoms with van der Waals surface area (Å²) in [5, 5.41) is 0.991. The summed E-state index contributed by atoms with van der Waals surface area (Å²) in [6, 6.07) is 9.86. The van der Waals surface area contributed by atoms with E-state index in [-0.39, 0.29) is 5.82 Å². The Morgan fingerprint density at radius 1 is 1.11 bits per heavy atom. The molecular weight excluding hydrogens is 306 g/mol. The lowest BCUT2D eigenvalue weighted by Gasteiger charge is -2.06. The second kappa shape index (κ2) is 4.63. The van der Waals surface area contributed by atoms with Crippen LogP contribution in [0.5, 0.6) is 0 Å². The smallest absolute Gasteiger partial charge is 0.182 e. The maximum absolute atomic E-state index is 13.7. The number of fused-ring (bicyclic) bond motifs is 1. The van der Waals surface area contributed by atoms with Gasteiger partial charge in [-0.2, -0.15) is 0 Å². The summed E-state index contributed by atoms with van der Waals surface area (Å²) in [6.45, 7) is 0. The number of benzene rings is 2. The largest absolute Gasteiger partial charge is 0.328 e. The van der Waals surface area contributed by atoms with Gasteiger partial charge in [0.2, 0.25) is 0 Å². The average Bonchev–Trinajstić information content (AvgIpc) is 2.65. The van der Waals surface area contributed by atoms with Crippen LogP contribution in [0.2, 0.25) is 10.0 Å². The highest BCUT2D eigenvalue weighted by molar-refractivity contribution is 7.71. The third-order valence-electron chi connectivity index (χ3n) is 2.77. The van der Waals surface area contributed by atoms with Crippen molar-refractivity contribution in [1.82, 2.24) is 9.55 Å². The van der Waals surface area contributed by atoms with Crippen LogP contribution in [0, 0.1) is 10.6 Å². The van der Waals surface area contributed by atoms with Crippen molar-refractivity contribution in [3.05, 3.63) is 57.0 Å². The molecule has 0 bridgehead atoms. The van der Waals surface area contributed by atoms with Crippen molar-refractivity contribution in [3.63, 3.8) is 0 Å². The zero-order valence-corrected chi connectivity index (χ0v) is 11.8. The van der Waals surface area contributed by atoms with Crippen LogP contribution in [-0.2, 0) is 0 Å². The Hall–Kier alpha value is -1.36. The predicted molar refractivity (Wildman–Crippen MR) is 78.4 cm³/mol. The van der Waals surface area contributed by atoms with Crippen molar-refractivity contribution < 1.29 is 4.39 Å². The molecule has 0 fully saturated rings. The molecule has 0 spiro atoms. The maximum Gasteiger partial charge on any atom is 0.182 e. The summed E-state index contributed by atoms with van der Waals surface area (Å²) < 4.78 is 15.8. The highest BCUT2D eigenvalue weighted by atomic mass is 35.5. The topological polar surface area (TPSA) is 20.7 Å². The number of hydrogen-bond donors (Lipinski definition) is 1. The number of nitrogens with zero attached hydrogens (tertiary/aromatic N) is 1. The van der Waals surface area contributed by atoms with Gasteiger partial charge in [0.15, 0.2) is 4.77 Å². The summed E-state index contributed by atoms with van der Waals surface area (Å²) in [6.07, 6.45) is 0. The van der Waals surface area contributed by atoms with Gasteiger partial charge >= 0.3 is 0 Å².